The standard InChI is InChI=1S/C13H14ClFN2S/c1-8-3-2-4-10(13(8)15)11(17-16)7-9-5-6-12(14)18-9/h2-6,11,17H,7,16H2,1H3. The molecule has 0 saturated carbocycles. The molecule has 0 spiro atoms. The summed E-state index contributed by atoms with van der Waals surface area (Å²) in [5, 5.41) is 0. The summed E-state index contributed by atoms with van der Waals surface area (Å²) in [6, 6.07) is 8.85. The van der Waals surface area contributed by atoms with Crippen LogP contribution in [-0.4, -0.2) is 0 Å². The molecule has 1 unspecified atom stereocenters. The van der Waals surface area contributed by atoms with Crippen molar-refractivity contribution < 1.29 is 4.39 Å². The number of halogens is 2. The lowest BCUT2D eigenvalue weighted by Gasteiger charge is -2.17. The van der Waals surface area contributed by atoms with Gasteiger partial charge in [-0.05, 0) is 24.6 Å². The van der Waals surface area contributed by atoms with Gasteiger partial charge in [-0.2, -0.15) is 0 Å². The summed E-state index contributed by atoms with van der Waals surface area (Å²) < 4.78 is 14.8. The van der Waals surface area contributed by atoms with Gasteiger partial charge in [0.1, 0.15) is 5.82 Å². The van der Waals surface area contributed by atoms with Crippen LogP contribution in [0.5, 0.6) is 0 Å². The summed E-state index contributed by atoms with van der Waals surface area (Å²) in [5.74, 6) is 5.33. The van der Waals surface area contributed by atoms with Crippen LogP contribution in [0, 0.1) is 12.7 Å². The predicted octanol–water partition coefficient (Wildman–Crippen LogP) is 3.60. The van der Waals surface area contributed by atoms with E-state index in [4.69, 9.17) is 17.4 Å². The van der Waals surface area contributed by atoms with Crippen molar-refractivity contribution in [3.63, 3.8) is 0 Å². The van der Waals surface area contributed by atoms with E-state index < -0.39 is 0 Å². The first-order chi connectivity index (χ1) is 8.61. The average molecular weight is 285 g/mol. The van der Waals surface area contributed by atoms with E-state index in [9.17, 15) is 4.39 Å². The maximum Gasteiger partial charge on any atom is 0.130 e. The number of thiophene rings is 1. The lowest BCUT2D eigenvalue weighted by Crippen LogP contribution is -2.30. The summed E-state index contributed by atoms with van der Waals surface area (Å²) in [5.41, 5.74) is 3.88. The van der Waals surface area contributed by atoms with E-state index in [0.717, 1.165) is 9.21 Å². The Hall–Kier alpha value is -0.940. The minimum Gasteiger partial charge on any atom is -0.271 e. The van der Waals surface area contributed by atoms with Gasteiger partial charge >= 0.3 is 0 Å². The minimum absolute atomic E-state index is 0.205. The normalized spacial score (nSPS) is 12.7. The van der Waals surface area contributed by atoms with E-state index in [1.807, 2.05) is 18.2 Å². The predicted molar refractivity (Wildman–Crippen MR) is 74.2 cm³/mol. The van der Waals surface area contributed by atoms with Crippen molar-refractivity contribution in [1.29, 1.82) is 0 Å². The fourth-order valence-electron chi connectivity index (χ4n) is 1.86. The number of benzene rings is 1. The molecule has 0 aliphatic rings. The molecule has 3 N–H and O–H groups in total. The van der Waals surface area contributed by atoms with Crippen molar-refractivity contribution in [1.82, 2.24) is 5.43 Å². The number of nitrogens with one attached hydrogen (secondary N) is 1. The van der Waals surface area contributed by atoms with Crippen LogP contribution in [0.3, 0.4) is 0 Å². The monoisotopic (exact) mass is 284 g/mol. The zero-order valence-electron chi connectivity index (χ0n) is 9.91. The lowest BCUT2D eigenvalue weighted by atomic mass is 10.0. The molecule has 1 heterocycles. The number of hydrazine groups is 1. The summed E-state index contributed by atoms with van der Waals surface area (Å²) in [6.07, 6.45) is 0.619. The van der Waals surface area contributed by atoms with Gasteiger partial charge in [0.15, 0.2) is 0 Å². The first-order valence-electron chi connectivity index (χ1n) is 5.57. The Labute approximate surface area is 115 Å². The van der Waals surface area contributed by atoms with Gasteiger partial charge in [-0.1, -0.05) is 29.8 Å². The largest absolute Gasteiger partial charge is 0.271 e. The Morgan fingerprint density at radius 2 is 2.17 bits per heavy atom. The van der Waals surface area contributed by atoms with Crippen LogP contribution in [0.4, 0.5) is 4.39 Å². The third-order valence-corrected chi connectivity index (χ3v) is 4.09. The molecule has 0 fully saturated rings. The molecule has 2 rings (SSSR count). The maximum atomic E-state index is 14.0. The van der Waals surface area contributed by atoms with Gasteiger partial charge in [-0.3, -0.25) is 11.3 Å². The SMILES string of the molecule is Cc1cccc(C(Cc2ccc(Cl)s2)NN)c1F. The van der Waals surface area contributed by atoms with Gasteiger partial charge in [0.2, 0.25) is 0 Å². The number of rotatable bonds is 4. The van der Waals surface area contributed by atoms with Gasteiger partial charge < -0.3 is 0 Å². The summed E-state index contributed by atoms with van der Waals surface area (Å²) in [4.78, 5) is 1.07. The molecule has 5 heteroatoms. The van der Waals surface area contributed by atoms with E-state index >= 15 is 0 Å². The van der Waals surface area contributed by atoms with E-state index in [2.05, 4.69) is 5.43 Å². The molecule has 0 aliphatic heterocycles. The summed E-state index contributed by atoms with van der Waals surface area (Å²) in [7, 11) is 0. The average Bonchev–Trinajstić information content (AvgIpc) is 2.76. The Balaban J connectivity index is 2.25. The molecular formula is C13H14ClFN2S. The molecule has 0 radical (unpaired) electrons. The Bertz CT molecular complexity index is 542. The molecule has 2 aromatic rings. The second kappa shape index (κ2) is 5.80. The molecule has 96 valence electrons. The summed E-state index contributed by atoms with van der Waals surface area (Å²) in [6.45, 7) is 1.74. The van der Waals surface area contributed by atoms with Gasteiger partial charge in [-0.25, -0.2) is 4.39 Å². The topological polar surface area (TPSA) is 38.0 Å². The van der Waals surface area contributed by atoms with Crippen molar-refractivity contribution in [3.05, 3.63) is 56.5 Å². The van der Waals surface area contributed by atoms with Crippen LogP contribution >= 0.6 is 22.9 Å². The third-order valence-electron chi connectivity index (χ3n) is 2.83. The number of nitrogens with two attached hydrogens (primary N) is 1. The van der Waals surface area contributed by atoms with Crippen LogP contribution < -0.4 is 11.3 Å². The van der Waals surface area contributed by atoms with Crippen molar-refractivity contribution in [2.24, 2.45) is 5.84 Å². The lowest BCUT2D eigenvalue weighted by molar-refractivity contribution is 0.510. The van der Waals surface area contributed by atoms with Gasteiger partial charge in [0.25, 0.3) is 0 Å². The van der Waals surface area contributed by atoms with Crippen LogP contribution in [0.2, 0.25) is 4.34 Å². The van der Waals surface area contributed by atoms with E-state index in [-0.39, 0.29) is 11.9 Å². The van der Waals surface area contributed by atoms with Crippen LogP contribution in [-0.2, 0) is 6.42 Å². The highest BCUT2D eigenvalue weighted by atomic mass is 35.5. The van der Waals surface area contributed by atoms with Crippen molar-refractivity contribution >= 4 is 22.9 Å². The van der Waals surface area contributed by atoms with Gasteiger partial charge in [0.05, 0.1) is 10.4 Å². The highest BCUT2D eigenvalue weighted by Crippen LogP contribution is 2.28. The molecule has 0 aliphatic carbocycles. The molecule has 0 amide bonds. The third kappa shape index (κ3) is 2.90. The van der Waals surface area contributed by atoms with E-state index in [1.54, 1.807) is 19.1 Å². The van der Waals surface area contributed by atoms with Crippen LogP contribution in [0.25, 0.3) is 0 Å². The second-order valence-corrected chi connectivity index (χ2v) is 5.91. The van der Waals surface area contributed by atoms with E-state index in [0.29, 0.717) is 17.5 Å². The quantitative estimate of drug-likeness (QED) is 0.665. The molecule has 1 atom stereocenters. The first-order valence-corrected chi connectivity index (χ1v) is 6.76. The minimum atomic E-state index is -0.250. The second-order valence-electron chi connectivity index (χ2n) is 4.11. The van der Waals surface area contributed by atoms with Crippen molar-refractivity contribution in [2.45, 2.75) is 19.4 Å². The fourth-order valence-corrected chi connectivity index (χ4v) is 2.99. The number of hydrogen-bond acceptors (Lipinski definition) is 3. The molecule has 0 saturated heterocycles. The van der Waals surface area contributed by atoms with Crippen molar-refractivity contribution in [3.8, 4) is 0 Å². The highest BCUT2D eigenvalue weighted by molar-refractivity contribution is 7.16. The zero-order valence-corrected chi connectivity index (χ0v) is 11.5. The fraction of sp³-hybridized carbons (Fsp3) is 0.231. The Morgan fingerprint density at radius 1 is 1.39 bits per heavy atom. The van der Waals surface area contributed by atoms with Crippen LogP contribution in [0.1, 0.15) is 22.0 Å². The highest BCUT2D eigenvalue weighted by Gasteiger charge is 2.16. The smallest absolute Gasteiger partial charge is 0.130 e. The molecule has 1 aromatic heterocycles. The zero-order chi connectivity index (χ0) is 13.1. The molecule has 0 bridgehead atoms. The van der Waals surface area contributed by atoms with E-state index in [1.165, 1.54) is 11.3 Å². The van der Waals surface area contributed by atoms with Gasteiger partial charge in [-0.15, -0.1) is 11.3 Å². The molecule has 1 aromatic carbocycles. The summed E-state index contributed by atoms with van der Waals surface area (Å²) >= 11 is 7.37. The first kappa shape index (κ1) is 13.5. The maximum absolute atomic E-state index is 14.0. The van der Waals surface area contributed by atoms with Crippen molar-refractivity contribution in [2.75, 3.05) is 0 Å². The molecule has 2 nitrogen and oxygen atoms in total. The Kier molecular flexibility index (Phi) is 4.35. The van der Waals surface area contributed by atoms with Gasteiger partial charge in [0, 0.05) is 16.9 Å². The Morgan fingerprint density at radius 3 is 2.78 bits per heavy atom. The number of aryl methyl sites for hydroxylation is 1. The molecular weight excluding hydrogens is 271 g/mol. The number of hydrogen-bond donors (Lipinski definition) is 2. The van der Waals surface area contributed by atoms with Crippen LogP contribution in [0.15, 0.2) is 30.3 Å². The molecule has 18 heavy (non-hydrogen) atoms.